The first-order valence-electron chi connectivity index (χ1n) is 5.93. The van der Waals surface area contributed by atoms with Crippen molar-refractivity contribution < 1.29 is 14.0 Å². The highest BCUT2D eigenvalue weighted by molar-refractivity contribution is 5.94. The van der Waals surface area contributed by atoms with Crippen molar-refractivity contribution in [2.45, 2.75) is 32.6 Å². The minimum atomic E-state index is -0.0388. The number of rotatable bonds is 2. The maximum absolute atomic E-state index is 12.2. The predicted octanol–water partition coefficient (Wildman–Crippen LogP) is 2.31. The van der Waals surface area contributed by atoms with Crippen LogP contribution in [0.25, 0.3) is 0 Å². The summed E-state index contributed by atoms with van der Waals surface area (Å²) in [5.74, 6) is 1.64. The van der Waals surface area contributed by atoms with E-state index < -0.39 is 0 Å². The Kier molecular flexibility index (Phi) is 3.31. The van der Waals surface area contributed by atoms with Crippen molar-refractivity contribution in [2.24, 2.45) is 5.92 Å². The lowest BCUT2D eigenvalue weighted by Crippen LogP contribution is -2.34. The Morgan fingerprint density at radius 2 is 2.00 bits per heavy atom. The van der Waals surface area contributed by atoms with E-state index in [-0.39, 0.29) is 17.6 Å². The summed E-state index contributed by atoms with van der Waals surface area (Å²) in [5.41, 5.74) is 0. The topological polar surface area (TPSA) is 50.5 Å². The number of furan rings is 1. The number of carbonyl (C=O) groups excluding carboxylic acids is 2. The van der Waals surface area contributed by atoms with Crippen LogP contribution in [0.2, 0.25) is 0 Å². The number of Topliss-reactive ketones (excluding diaryl/α,β-unsaturated/α-hetero) is 1. The van der Waals surface area contributed by atoms with Crippen LogP contribution < -0.4 is 4.90 Å². The molecule has 1 heterocycles. The normalized spacial score (nSPS) is 17.2. The summed E-state index contributed by atoms with van der Waals surface area (Å²) in [6.45, 7) is 1.85. The number of carbonyl (C=O) groups is 2. The molecular weight excluding hydrogens is 218 g/mol. The summed E-state index contributed by atoms with van der Waals surface area (Å²) >= 11 is 0. The average Bonchev–Trinajstić information content (AvgIpc) is 2.75. The first-order valence-corrected chi connectivity index (χ1v) is 5.93. The molecule has 1 fully saturated rings. The molecule has 2 rings (SSSR count). The molecule has 0 N–H and O–H groups in total. The molecule has 0 unspecified atom stereocenters. The van der Waals surface area contributed by atoms with Crippen LogP contribution in [-0.4, -0.2) is 18.7 Å². The minimum Gasteiger partial charge on any atom is -0.445 e. The molecule has 0 spiro atoms. The minimum absolute atomic E-state index is 0.0388. The standard InChI is InChI=1S/C13H17NO3/c1-9-3-8-12(17-9)14(2)13(16)10-4-6-11(15)7-5-10/h3,8,10H,4-7H2,1-2H3. The molecule has 1 saturated carbocycles. The van der Waals surface area contributed by atoms with E-state index in [1.54, 1.807) is 18.0 Å². The van der Waals surface area contributed by atoms with Crippen LogP contribution in [-0.2, 0) is 9.59 Å². The van der Waals surface area contributed by atoms with Gasteiger partial charge in [-0.15, -0.1) is 0 Å². The summed E-state index contributed by atoms with van der Waals surface area (Å²) < 4.78 is 5.42. The molecule has 4 nitrogen and oxygen atoms in total. The molecule has 1 aromatic heterocycles. The largest absolute Gasteiger partial charge is 0.445 e. The van der Waals surface area contributed by atoms with Crippen molar-refractivity contribution in [3.05, 3.63) is 17.9 Å². The van der Waals surface area contributed by atoms with Gasteiger partial charge in [0.05, 0.1) is 0 Å². The molecule has 17 heavy (non-hydrogen) atoms. The maximum atomic E-state index is 12.2. The number of nitrogens with zero attached hydrogens (tertiary/aromatic N) is 1. The number of amides is 1. The molecule has 0 bridgehead atoms. The van der Waals surface area contributed by atoms with Gasteiger partial charge in [0, 0.05) is 31.9 Å². The highest BCUT2D eigenvalue weighted by Crippen LogP contribution is 2.26. The Hall–Kier alpha value is -1.58. The third-order valence-corrected chi connectivity index (χ3v) is 3.28. The van der Waals surface area contributed by atoms with E-state index in [0.717, 1.165) is 5.76 Å². The number of hydrogen-bond donors (Lipinski definition) is 0. The summed E-state index contributed by atoms with van der Waals surface area (Å²) in [4.78, 5) is 24.8. The molecule has 0 aliphatic heterocycles. The van der Waals surface area contributed by atoms with E-state index >= 15 is 0 Å². The molecule has 0 radical (unpaired) electrons. The Morgan fingerprint density at radius 3 is 2.53 bits per heavy atom. The van der Waals surface area contributed by atoms with Gasteiger partial charge in [0.15, 0.2) is 0 Å². The first-order chi connectivity index (χ1) is 8.08. The highest BCUT2D eigenvalue weighted by atomic mass is 16.4. The predicted molar refractivity (Wildman–Crippen MR) is 63.8 cm³/mol. The second-order valence-electron chi connectivity index (χ2n) is 4.59. The van der Waals surface area contributed by atoms with E-state index in [0.29, 0.717) is 31.6 Å². The van der Waals surface area contributed by atoms with Gasteiger partial charge in [-0.2, -0.15) is 0 Å². The average molecular weight is 235 g/mol. The van der Waals surface area contributed by atoms with Gasteiger partial charge >= 0.3 is 0 Å². The molecular formula is C13H17NO3. The van der Waals surface area contributed by atoms with Crippen LogP contribution in [0.4, 0.5) is 5.88 Å². The van der Waals surface area contributed by atoms with Crippen molar-refractivity contribution in [2.75, 3.05) is 11.9 Å². The van der Waals surface area contributed by atoms with Gasteiger partial charge in [-0.1, -0.05) is 0 Å². The van der Waals surface area contributed by atoms with Gasteiger partial charge in [-0.3, -0.25) is 14.5 Å². The smallest absolute Gasteiger partial charge is 0.232 e. The third kappa shape index (κ3) is 2.57. The van der Waals surface area contributed by atoms with E-state index in [1.807, 2.05) is 13.0 Å². The summed E-state index contributed by atoms with van der Waals surface area (Å²) in [6.07, 6.45) is 2.40. The number of aryl methyl sites for hydroxylation is 1. The quantitative estimate of drug-likeness (QED) is 0.790. The zero-order chi connectivity index (χ0) is 12.4. The maximum Gasteiger partial charge on any atom is 0.232 e. The monoisotopic (exact) mass is 235 g/mol. The second kappa shape index (κ2) is 4.73. The Balaban J connectivity index is 2.02. The molecule has 1 amide bonds. The van der Waals surface area contributed by atoms with Crippen molar-refractivity contribution >= 4 is 17.6 Å². The van der Waals surface area contributed by atoms with Crippen molar-refractivity contribution in [3.8, 4) is 0 Å². The molecule has 4 heteroatoms. The zero-order valence-electron chi connectivity index (χ0n) is 10.2. The van der Waals surface area contributed by atoms with Crippen molar-refractivity contribution in [3.63, 3.8) is 0 Å². The van der Waals surface area contributed by atoms with E-state index in [9.17, 15) is 9.59 Å². The summed E-state index contributed by atoms with van der Waals surface area (Å²) in [6, 6.07) is 3.63. The molecule has 1 aromatic rings. The fraction of sp³-hybridized carbons (Fsp3) is 0.538. The van der Waals surface area contributed by atoms with Crippen LogP contribution in [0.1, 0.15) is 31.4 Å². The van der Waals surface area contributed by atoms with Crippen LogP contribution in [0.15, 0.2) is 16.5 Å². The Bertz CT molecular complexity index is 426. The van der Waals surface area contributed by atoms with Gasteiger partial charge in [0.25, 0.3) is 0 Å². The van der Waals surface area contributed by atoms with E-state index in [2.05, 4.69) is 0 Å². The lowest BCUT2D eigenvalue weighted by atomic mass is 9.87. The lowest BCUT2D eigenvalue weighted by Gasteiger charge is -2.24. The summed E-state index contributed by atoms with van der Waals surface area (Å²) in [5, 5.41) is 0. The van der Waals surface area contributed by atoms with E-state index in [4.69, 9.17) is 4.42 Å². The lowest BCUT2D eigenvalue weighted by molar-refractivity contribution is -0.126. The molecule has 1 aliphatic rings. The summed E-state index contributed by atoms with van der Waals surface area (Å²) in [7, 11) is 1.72. The fourth-order valence-electron chi connectivity index (χ4n) is 2.17. The molecule has 1 aliphatic carbocycles. The number of anilines is 1. The number of ketones is 1. The Morgan fingerprint density at radius 1 is 1.35 bits per heavy atom. The molecule has 0 saturated heterocycles. The number of hydrogen-bond acceptors (Lipinski definition) is 3. The molecule has 0 aromatic carbocycles. The fourth-order valence-corrected chi connectivity index (χ4v) is 2.17. The zero-order valence-corrected chi connectivity index (χ0v) is 10.2. The van der Waals surface area contributed by atoms with Crippen LogP contribution in [0.3, 0.4) is 0 Å². The first kappa shape index (κ1) is 11.9. The molecule has 0 atom stereocenters. The van der Waals surface area contributed by atoms with Crippen molar-refractivity contribution in [1.82, 2.24) is 0 Å². The van der Waals surface area contributed by atoms with Gasteiger partial charge in [-0.25, -0.2) is 0 Å². The van der Waals surface area contributed by atoms with Crippen LogP contribution >= 0.6 is 0 Å². The molecule has 92 valence electrons. The SMILES string of the molecule is Cc1ccc(N(C)C(=O)C2CCC(=O)CC2)o1. The van der Waals surface area contributed by atoms with E-state index in [1.165, 1.54) is 0 Å². The van der Waals surface area contributed by atoms with Crippen molar-refractivity contribution in [1.29, 1.82) is 0 Å². The second-order valence-corrected chi connectivity index (χ2v) is 4.59. The highest BCUT2D eigenvalue weighted by Gasteiger charge is 2.28. The van der Waals surface area contributed by atoms with Gasteiger partial charge < -0.3 is 4.42 Å². The van der Waals surface area contributed by atoms with Gasteiger partial charge in [0.2, 0.25) is 11.8 Å². The van der Waals surface area contributed by atoms with Gasteiger partial charge in [-0.05, 0) is 25.8 Å². The van der Waals surface area contributed by atoms with Crippen LogP contribution in [0, 0.1) is 12.8 Å². The van der Waals surface area contributed by atoms with Crippen LogP contribution in [0.5, 0.6) is 0 Å². The van der Waals surface area contributed by atoms with Gasteiger partial charge in [0.1, 0.15) is 11.5 Å². The third-order valence-electron chi connectivity index (χ3n) is 3.28. The Labute approximate surface area is 101 Å².